The summed E-state index contributed by atoms with van der Waals surface area (Å²) in [6, 6.07) is 12.5. The minimum Gasteiger partial charge on any atom is -0.359 e. The first kappa shape index (κ1) is 19.4. The van der Waals surface area contributed by atoms with Crippen molar-refractivity contribution in [3.8, 4) is 0 Å². The van der Waals surface area contributed by atoms with Crippen LogP contribution in [-0.4, -0.2) is 31.4 Å². The number of nitrogens with zero attached hydrogens (tertiary/aromatic N) is 1. The third-order valence-corrected chi connectivity index (χ3v) is 4.88. The van der Waals surface area contributed by atoms with Crippen LogP contribution in [0.3, 0.4) is 0 Å². The van der Waals surface area contributed by atoms with Gasteiger partial charge in [0.1, 0.15) is 0 Å². The highest BCUT2D eigenvalue weighted by molar-refractivity contribution is 6.03. The molecule has 1 saturated heterocycles. The van der Waals surface area contributed by atoms with Gasteiger partial charge in [-0.15, -0.1) is 0 Å². The first-order chi connectivity index (χ1) is 13.4. The fraction of sp³-hybridized carbons (Fsp3) is 0.286. The molecule has 0 unspecified atom stereocenters. The number of carbonyl (C=O) groups is 3. The highest BCUT2D eigenvalue weighted by Crippen LogP contribution is 2.27. The van der Waals surface area contributed by atoms with E-state index < -0.39 is 0 Å². The normalized spacial score (nSPS) is 16.0. The van der Waals surface area contributed by atoms with Crippen LogP contribution in [0, 0.1) is 19.8 Å². The molecule has 0 spiro atoms. The number of amides is 4. The Labute approximate surface area is 164 Å². The van der Waals surface area contributed by atoms with Crippen LogP contribution < -0.4 is 20.9 Å². The topological polar surface area (TPSA) is 90.5 Å². The van der Waals surface area contributed by atoms with Crippen LogP contribution in [0.1, 0.15) is 17.5 Å². The SMILES string of the molecule is CNC(=O)[C@@H]1CC(=O)N(c2cccc(NC(=O)Nc3c(C)cccc3C)c2)C1. The summed E-state index contributed by atoms with van der Waals surface area (Å²) in [5.74, 6) is -0.606. The molecule has 4 amide bonds. The van der Waals surface area contributed by atoms with Crippen molar-refractivity contribution in [1.82, 2.24) is 5.32 Å². The van der Waals surface area contributed by atoms with Crippen LogP contribution in [0.2, 0.25) is 0 Å². The molecule has 1 atom stereocenters. The molecule has 2 aromatic carbocycles. The van der Waals surface area contributed by atoms with Gasteiger partial charge in [0, 0.05) is 37.1 Å². The average Bonchev–Trinajstić information content (AvgIpc) is 3.06. The maximum atomic E-state index is 12.4. The molecule has 7 nitrogen and oxygen atoms in total. The summed E-state index contributed by atoms with van der Waals surface area (Å²) >= 11 is 0. The van der Waals surface area contributed by atoms with Crippen molar-refractivity contribution in [3.05, 3.63) is 53.6 Å². The van der Waals surface area contributed by atoms with Crippen molar-refractivity contribution in [2.24, 2.45) is 5.92 Å². The van der Waals surface area contributed by atoms with E-state index in [9.17, 15) is 14.4 Å². The van der Waals surface area contributed by atoms with Gasteiger partial charge in [0.2, 0.25) is 11.8 Å². The first-order valence-corrected chi connectivity index (χ1v) is 9.15. The van der Waals surface area contributed by atoms with E-state index in [1.165, 1.54) is 0 Å². The Bertz CT molecular complexity index is 905. The zero-order valence-corrected chi connectivity index (χ0v) is 16.2. The van der Waals surface area contributed by atoms with Gasteiger partial charge >= 0.3 is 6.03 Å². The molecular weight excluding hydrogens is 356 g/mol. The lowest BCUT2D eigenvalue weighted by molar-refractivity contribution is -0.125. The molecule has 0 radical (unpaired) electrons. The second-order valence-corrected chi connectivity index (χ2v) is 6.92. The highest BCUT2D eigenvalue weighted by Gasteiger charge is 2.34. The fourth-order valence-electron chi connectivity index (χ4n) is 3.38. The lowest BCUT2D eigenvalue weighted by atomic mass is 10.1. The number of hydrogen-bond acceptors (Lipinski definition) is 3. The Hall–Kier alpha value is -3.35. The number of carbonyl (C=O) groups excluding carboxylic acids is 3. The van der Waals surface area contributed by atoms with Crippen LogP contribution in [0.4, 0.5) is 21.9 Å². The van der Waals surface area contributed by atoms with E-state index in [2.05, 4.69) is 16.0 Å². The molecule has 28 heavy (non-hydrogen) atoms. The van der Waals surface area contributed by atoms with Crippen molar-refractivity contribution >= 4 is 34.9 Å². The number of rotatable bonds is 4. The van der Waals surface area contributed by atoms with Gasteiger partial charge in [-0.05, 0) is 43.2 Å². The summed E-state index contributed by atoms with van der Waals surface area (Å²) in [5, 5.41) is 8.26. The molecule has 2 aromatic rings. The molecule has 1 fully saturated rings. The molecule has 1 aliphatic rings. The van der Waals surface area contributed by atoms with Crippen molar-refractivity contribution in [2.45, 2.75) is 20.3 Å². The van der Waals surface area contributed by atoms with Gasteiger partial charge in [-0.1, -0.05) is 24.3 Å². The smallest absolute Gasteiger partial charge is 0.323 e. The van der Waals surface area contributed by atoms with Crippen LogP contribution in [-0.2, 0) is 9.59 Å². The Morgan fingerprint density at radius 3 is 2.39 bits per heavy atom. The van der Waals surface area contributed by atoms with Gasteiger partial charge in [0.15, 0.2) is 0 Å². The summed E-state index contributed by atoms with van der Waals surface area (Å²) in [6.45, 7) is 4.20. The number of anilines is 3. The van der Waals surface area contributed by atoms with E-state index in [0.29, 0.717) is 17.9 Å². The second-order valence-electron chi connectivity index (χ2n) is 6.92. The Morgan fingerprint density at radius 2 is 1.71 bits per heavy atom. The van der Waals surface area contributed by atoms with Gasteiger partial charge < -0.3 is 20.9 Å². The number of urea groups is 1. The van der Waals surface area contributed by atoms with Crippen molar-refractivity contribution < 1.29 is 14.4 Å². The van der Waals surface area contributed by atoms with E-state index >= 15 is 0 Å². The second kappa shape index (κ2) is 8.12. The monoisotopic (exact) mass is 380 g/mol. The van der Waals surface area contributed by atoms with Gasteiger partial charge in [0.05, 0.1) is 5.92 Å². The van der Waals surface area contributed by atoms with Crippen LogP contribution in [0.15, 0.2) is 42.5 Å². The summed E-state index contributed by atoms with van der Waals surface area (Å²) in [6.07, 6.45) is 0.185. The predicted molar refractivity (Wildman–Crippen MR) is 110 cm³/mol. The Balaban J connectivity index is 1.71. The lowest BCUT2D eigenvalue weighted by Gasteiger charge is -2.18. The molecule has 0 aromatic heterocycles. The zero-order valence-electron chi connectivity index (χ0n) is 16.2. The molecule has 146 valence electrons. The zero-order chi connectivity index (χ0) is 20.3. The number of benzene rings is 2. The highest BCUT2D eigenvalue weighted by atomic mass is 16.2. The summed E-state index contributed by atoms with van der Waals surface area (Å²) in [4.78, 5) is 38.1. The van der Waals surface area contributed by atoms with Gasteiger partial charge in [-0.3, -0.25) is 9.59 Å². The number of aryl methyl sites for hydroxylation is 2. The van der Waals surface area contributed by atoms with Gasteiger partial charge in [0.25, 0.3) is 0 Å². The molecular formula is C21H24N4O3. The Kier molecular flexibility index (Phi) is 5.63. The maximum absolute atomic E-state index is 12.4. The minimum atomic E-state index is -0.360. The molecule has 1 heterocycles. The average molecular weight is 380 g/mol. The van der Waals surface area contributed by atoms with Crippen LogP contribution in [0.25, 0.3) is 0 Å². The largest absolute Gasteiger partial charge is 0.359 e. The third-order valence-electron chi connectivity index (χ3n) is 4.88. The van der Waals surface area contributed by atoms with E-state index in [0.717, 1.165) is 16.8 Å². The molecule has 7 heteroatoms. The van der Waals surface area contributed by atoms with E-state index in [-0.39, 0.29) is 30.2 Å². The molecule has 1 aliphatic heterocycles. The van der Waals surface area contributed by atoms with E-state index in [1.54, 1.807) is 36.2 Å². The lowest BCUT2D eigenvalue weighted by Crippen LogP contribution is -2.30. The molecule has 0 bridgehead atoms. The molecule has 3 rings (SSSR count). The van der Waals surface area contributed by atoms with Crippen LogP contribution >= 0.6 is 0 Å². The molecule has 0 aliphatic carbocycles. The third kappa shape index (κ3) is 4.14. The minimum absolute atomic E-state index is 0.106. The van der Waals surface area contributed by atoms with Gasteiger partial charge in [-0.25, -0.2) is 4.79 Å². The number of para-hydroxylation sites is 1. The van der Waals surface area contributed by atoms with E-state index in [4.69, 9.17) is 0 Å². The summed E-state index contributed by atoms with van der Waals surface area (Å²) in [5.41, 5.74) is 3.96. The van der Waals surface area contributed by atoms with Crippen molar-refractivity contribution in [3.63, 3.8) is 0 Å². The number of nitrogens with one attached hydrogen (secondary N) is 3. The standard InChI is InChI=1S/C21H24N4O3/c1-13-6-4-7-14(2)19(13)24-21(28)23-16-8-5-9-17(11-16)25-12-15(10-18(25)26)20(27)22-3/h4-9,11,15H,10,12H2,1-3H3,(H,22,27)(H2,23,24,28)/t15-/m1/s1. The fourth-order valence-corrected chi connectivity index (χ4v) is 3.38. The first-order valence-electron chi connectivity index (χ1n) is 9.15. The molecule has 3 N–H and O–H groups in total. The molecule has 0 saturated carbocycles. The number of hydrogen-bond donors (Lipinski definition) is 3. The predicted octanol–water partition coefficient (Wildman–Crippen LogP) is 3.05. The summed E-state index contributed by atoms with van der Waals surface area (Å²) in [7, 11) is 1.56. The van der Waals surface area contributed by atoms with Crippen LogP contribution in [0.5, 0.6) is 0 Å². The maximum Gasteiger partial charge on any atom is 0.323 e. The van der Waals surface area contributed by atoms with E-state index in [1.807, 2.05) is 32.0 Å². The Morgan fingerprint density at radius 1 is 1.04 bits per heavy atom. The van der Waals surface area contributed by atoms with Gasteiger partial charge in [-0.2, -0.15) is 0 Å². The summed E-state index contributed by atoms with van der Waals surface area (Å²) < 4.78 is 0. The van der Waals surface area contributed by atoms with Crippen molar-refractivity contribution in [2.75, 3.05) is 29.1 Å². The van der Waals surface area contributed by atoms with Crippen molar-refractivity contribution in [1.29, 1.82) is 0 Å². The quantitative estimate of drug-likeness (QED) is 0.761.